The molecule has 0 fully saturated rings. The SMILES string of the molecule is CCCCOCCCNCc1ccc(C#N)s1. The van der Waals surface area contributed by atoms with Gasteiger partial charge in [-0.3, -0.25) is 0 Å². The molecule has 0 aliphatic rings. The molecule has 0 atom stereocenters. The van der Waals surface area contributed by atoms with E-state index in [4.69, 9.17) is 10.00 Å². The van der Waals surface area contributed by atoms with E-state index in [2.05, 4.69) is 18.3 Å². The number of unbranched alkanes of at least 4 members (excludes halogenated alkanes) is 1. The van der Waals surface area contributed by atoms with Crippen LogP contribution in [0.3, 0.4) is 0 Å². The van der Waals surface area contributed by atoms with E-state index in [-0.39, 0.29) is 0 Å². The zero-order valence-corrected chi connectivity index (χ0v) is 11.2. The lowest BCUT2D eigenvalue weighted by atomic mass is 10.3. The molecule has 1 N–H and O–H groups in total. The maximum Gasteiger partial charge on any atom is 0.110 e. The van der Waals surface area contributed by atoms with E-state index < -0.39 is 0 Å². The topological polar surface area (TPSA) is 45.0 Å². The quantitative estimate of drug-likeness (QED) is 0.687. The number of thiophene rings is 1. The molecule has 1 aromatic heterocycles. The number of nitriles is 1. The second-order valence-corrected chi connectivity index (χ2v) is 5.04. The first-order valence-corrected chi connectivity index (χ1v) is 6.95. The van der Waals surface area contributed by atoms with E-state index in [0.29, 0.717) is 0 Å². The fraction of sp³-hybridized carbons (Fsp3) is 0.615. The van der Waals surface area contributed by atoms with Gasteiger partial charge < -0.3 is 10.1 Å². The van der Waals surface area contributed by atoms with E-state index in [0.717, 1.165) is 44.0 Å². The van der Waals surface area contributed by atoms with Crippen LogP contribution in [0.4, 0.5) is 0 Å². The third kappa shape index (κ3) is 6.42. The second kappa shape index (κ2) is 9.17. The summed E-state index contributed by atoms with van der Waals surface area (Å²) >= 11 is 1.55. The highest BCUT2D eigenvalue weighted by atomic mass is 32.1. The van der Waals surface area contributed by atoms with Crippen LogP contribution in [0.25, 0.3) is 0 Å². The molecule has 0 bridgehead atoms. The number of hydrogen-bond donors (Lipinski definition) is 1. The van der Waals surface area contributed by atoms with Crippen LogP contribution in [0.5, 0.6) is 0 Å². The van der Waals surface area contributed by atoms with Crippen molar-refractivity contribution >= 4 is 11.3 Å². The number of nitrogens with one attached hydrogen (secondary N) is 1. The van der Waals surface area contributed by atoms with Gasteiger partial charge in [0.15, 0.2) is 0 Å². The van der Waals surface area contributed by atoms with Crippen LogP contribution in [0, 0.1) is 11.3 Å². The molecule has 1 heterocycles. The molecule has 0 saturated carbocycles. The summed E-state index contributed by atoms with van der Waals surface area (Å²) in [6.07, 6.45) is 3.39. The van der Waals surface area contributed by atoms with Gasteiger partial charge in [0.05, 0.1) is 0 Å². The largest absolute Gasteiger partial charge is 0.381 e. The maximum absolute atomic E-state index is 8.69. The van der Waals surface area contributed by atoms with E-state index in [1.54, 1.807) is 11.3 Å². The summed E-state index contributed by atoms with van der Waals surface area (Å²) in [5.74, 6) is 0. The smallest absolute Gasteiger partial charge is 0.110 e. The van der Waals surface area contributed by atoms with Crippen LogP contribution in [0.1, 0.15) is 35.9 Å². The van der Waals surface area contributed by atoms with Crippen molar-refractivity contribution in [3.8, 4) is 6.07 Å². The van der Waals surface area contributed by atoms with Gasteiger partial charge in [-0.15, -0.1) is 11.3 Å². The standard InChI is InChI=1S/C13H20N2OS/c1-2-3-8-16-9-4-7-15-11-13-6-5-12(10-14)17-13/h5-6,15H,2-4,7-9,11H2,1H3. The Labute approximate surface area is 107 Å². The molecule has 0 aromatic carbocycles. The summed E-state index contributed by atoms with van der Waals surface area (Å²) in [5.41, 5.74) is 0. The van der Waals surface area contributed by atoms with Gasteiger partial charge in [0.25, 0.3) is 0 Å². The fourth-order valence-corrected chi connectivity index (χ4v) is 2.17. The van der Waals surface area contributed by atoms with Crippen molar-refractivity contribution in [3.63, 3.8) is 0 Å². The summed E-state index contributed by atoms with van der Waals surface area (Å²) < 4.78 is 5.47. The van der Waals surface area contributed by atoms with Gasteiger partial charge in [-0.1, -0.05) is 13.3 Å². The number of hydrogen-bond acceptors (Lipinski definition) is 4. The third-order valence-electron chi connectivity index (χ3n) is 2.36. The van der Waals surface area contributed by atoms with Crippen molar-refractivity contribution in [1.29, 1.82) is 5.26 Å². The number of ether oxygens (including phenoxy) is 1. The first-order chi connectivity index (χ1) is 8.36. The molecule has 0 aliphatic heterocycles. The van der Waals surface area contributed by atoms with E-state index in [9.17, 15) is 0 Å². The van der Waals surface area contributed by atoms with Crippen LogP contribution < -0.4 is 5.32 Å². The van der Waals surface area contributed by atoms with Gasteiger partial charge in [0, 0.05) is 24.6 Å². The summed E-state index contributed by atoms with van der Waals surface area (Å²) in [5, 5.41) is 12.0. The van der Waals surface area contributed by atoms with E-state index in [1.807, 2.05) is 12.1 Å². The van der Waals surface area contributed by atoms with Crippen LogP contribution in [-0.2, 0) is 11.3 Å². The highest BCUT2D eigenvalue weighted by molar-refractivity contribution is 7.12. The average molecular weight is 252 g/mol. The molecule has 0 radical (unpaired) electrons. The summed E-state index contributed by atoms with van der Waals surface area (Å²) in [7, 11) is 0. The van der Waals surface area contributed by atoms with Gasteiger partial charge in [-0.05, 0) is 31.5 Å². The van der Waals surface area contributed by atoms with Crippen LogP contribution in [0.2, 0.25) is 0 Å². The lowest BCUT2D eigenvalue weighted by Crippen LogP contribution is -2.15. The van der Waals surface area contributed by atoms with Crippen LogP contribution in [0.15, 0.2) is 12.1 Å². The van der Waals surface area contributed by atoms with Crippen molar-refractivity contribution in [1.82, 2.24) is 5.32 Å². The first-order valence-electron chi connectivity index (χ1n) is 6.14. The minimum Gasteiger partial charge on any atom is -0.381 e. The molecule has 0 unspecified atom stereocenters. The monoisotopic (exact) mass is 252 g/mol. The fourth-order valence-electron chi connectivity index (χ4n) is 1.39. The molecule has 3 nitrogen and oxygen atoms in total. The minimum atomic E-state index is 0.782. The molecular formula is C13H20N2OS. The average Bonchev–Trinajstić information content (AvgIpc) is 2.80. The molecular weight excluding hydrogens is 232 g/mol. The predicted molar refractivity (Wildman–Crippen MR) is 71.1 cm³/mol. The normalized spacial score (nSPS) is 10.4. The second-order valence-electron chi connectivity index (χ2n) is 3.87. The molecule has 4 heteroatoms. The Morgan fingerprint density at radius 3 is 2.88 bits per heavy atom. The Morgan fingerprint density at radius 2 is 2.18 bits per heavy atom. The molecule has 1 aromatic rings. The Morgan fingerprint density at radius 1 is 1.35 bits per heavy atom. The van der Waals surface area contributed by atoms with Gasteiger partial charge >= 0.3 is 0 Å². The predicted octanol–water partition coefficient (Wildman–Crippen LogP) is 2.92. The number of rotatable bonds is 9. The third-order valence-corrected chi connectivity index (χ3v) is 3.35. The first kappa shape index (κ1) is 14.2. The van der Waals surface area contributed by atoms with Gasteiger partial charge in [-0.2, -0.15) is 5.26 Å². The van der Waals surface area contributed by atoms with Gasteiger partial charge in [0.1, 0.15) is 10.9 Å². The Balaban J connectivity index is 1.95. The zero-order valence-electron chi connectivity index (χ0n) is 10.4. The summed E-state index contributed by atoms with van der Waals surface area (Å²) in [6.45, 7) is 5.70. The lowest BCUT2D eigenvalue weighted by molar-refractivity contribution is 0.129. The van der Waals surface area contributed by atoms with Crippen molar-refractivity contribution in [2.45, 2.75) is 32.7 Å². The summed E-state index contributed by atoms with van der Waals surface area (Å²) in [6, 6.07) is 6.03. The lowest BCUT2D eigenvalue weighted by Gasteiger charge is -2.04. The maximum atomic E-state index is 8.69. The van der Waals surface area contributed by atoms with Crippen molar-refractivity contribution < 1.29 is 4.74 Å². The van der Waals surface area contributed by atoms with Gasteiger partial charge in [-0.25, -0.2) is 0 Å². The Kier molecular flexibility index (Phi) is 7.65. The van der Waals surface area contributed by atoms with E-state index in [1.165, 1.54) is 11.3 Å². The number of nitrogens with zero attached hydrogens (tertiary/aromatic N) is 1. The van der Waals surface area contributed by atoms with Crippen molar-refractivity contribution in [3.05, 3.63) is 21.9 Å². The Bertz CT molecular complexity index is 343. The van der Waals surface area contributed by atoms with Gasteiger partial charge in [0.2, 0.25) is 0 Å². The molecule has 0 aliphatic carbocycles. The highest BCUT2D eigenvalue weighted by Gasteiger charge is 1.98. The molecule has 0 amide bonds. The van der Waals surface area contributed by atoms with Crippen molar-refractivity contribution in [2.24, 2.45) is 0 Å². The Hall–Kier alpha value is -0.890. The molecule has 94 valence electrons. The van der Waals surface area contributed by atoms with Crippen LogP contribution in [-0.4, -0.2) is 19.8 Å². The summed E-state index contributed by atoms with van der Waals surface area (Å²) in [4.78, 5) is 2.00. The zero-order chi connectivity index (χ0) is 12.3. The van der Waals surface area contributed by atoms with E-state index >= 15 is 0 Å². The molecule has 0 spiro atoms. The van der Waals surface area contributed by atoms with Crippen LogP contribution >= 0.6 is 11.3 Å². The highest BCUT2D eigenvalue weighted by Crippen LogP contribution is 2.14. The van der Waals surface area contributed by atoms with Crippen molar-refractivity contribution in [2.75, 3.05) is 19.8 Å². The minimum absolute atomic E-state index is 0.782. The molecule has 0 saturated heterocycles. The molecule has 1 rings (SSSR count). The molecule has 17 heavy (non-hydrogen) atoms.